The van der Waals surface area contributed by atoms with Gasteiger partial charge in [0.05, 0.1) is 12.5 Å². The van der Waals surface area contributed by atoms with Crippen molar-refractivity contribution in [3.8, 4) is 5.75 Å². The number of carbonyl (C=O) groups excluding carboxylic acids is 7. The van der Waals surface area contributed by atoms with E-state index >= 15 is 0 Å². The number of benzene rings is 2. The Balaban J connectivity index is 1.79. The van der Waals surface area contributed by atoms with Gasteiger partial charge in [-0.05, 0) is 35.9 Å². The van der Waals surface area contributed by atoms with E-state index in [-0.39, 0.29) is 17.1 Å². The molecule has 2 aliphatic rings. The molecular formula is C41H46O19. The summed E-state index contributed by atoms with van der Waals surface area (Å²) >= 11 is 0. The third-order valence-electron chi connectivity index (χ3n) is 8.88. The van der Waals surface area contributed by atoms with Gasteiger partial charge in [0, 0.05) is 47.1 Å². The monoisotopic (exact) mass is 842 g/mol. The standard InChI is InChI=1S/C41H46O19/c1-21(42)51-19-32-35(60-41-39(57-26(6)47)38(56-25(5)46)36(55-24(4)45)33(59-41)20-52-22(2)43)34(31(18-53-32)54-23(3)44)37(40(49)50)58-29-15-13-28(14-16-29)30(48)17-12-27-10-8-7-9-11-27/h7-17,31-39,41H,18-20H2,1-6H3,(H,49,50). The molecule has 0 bridgehead atoms. The first kappa shape index (κ1) is 46.5. The van der Waals surface area contributed by atoms with Crippen molar-refractivity contribution < 1.29 is 90.8 Å². The van der Waals surface area contributed by atoms with Gasteiger partial charge in [0.1, 0.15) is 43.4 Å². The Kier molecular flexibility index (Phi) is 16.8. The van der Waals surface area contributed by atoms with Crippen LogP contribution in [0.15, 0.2) is 60.7 Å². The fraction of sp³-hybridized carbons (Fsp3) is 0.463. The molecule has 19 nitrogen and oxygen atoms in total. The summed E-state index contributed by atoms with van der Waals surface area (Å²) in [6.07, 6.45) is -11.7. The molecule has 60 heavy (non-hydrogen) atoms. The van der Waals surface area contributed by atoms with Crippen LogP contribution in [0.1, 0.15) is 57.5 Å². The van der Waals surface area contributed by atoms with Crippen LogP contribution >= 0.6 is 0 Å². The highest BCUT2D eigenvalue weighted by atomic mass is 16.7. The number of carboxylic acids is 1. The second-order valence-corrected chi connectivity index (χ2v) is 13.6. The molecule has 1 N–H and O–H groups in total. The van der Waals surface area contributed by atoms with Gasteiger partial charge < -0.3 is 52.5 Å². The zero-order chi connectivity index (χ0) is 44.1. The van der Waals surface area contributed by atoms with Gasteiger partial charge in [-0.2, -0.15) is 0 Å². The third kappa shape index (κ3) is 13.4. The topological polar surface area (TPSA) is 249 Å². The maximum Gasteiger partial charge on any atom is 0.345 e. The highest BCUT2D eigenvalue weighted by molar-refractivity contribution is 6.06. The van der Waals surface area contributed by atoms with E-state index in [0.717, 1.165) is 47.1 Å². The van der Waals surface area contributed by atoms with Gasteiger partial charge in [-0.15, -0.1) is 0 Å². The molecule has 0 amide bonds. The van der Waals surface area contributed by atoms with E-state index in [1.807, 2.05) is 30.3 Å². The van der Waals surface area contributed by atoms with Crippen molar-refractivity contribution in [2.45, 2.75) is 96.7 Å². The number of carboxylic acid groups (broad SMARTS) is 1. The fourth-order valence-corrected chi connectivity index (χ4v) is 6.52. The molecule has 2 fully saturated rings. The van der Waals surface area contributed by atoms with Gasteiger partial charge in [-0.25, -0.2) is 4.79 Å². The largest absolute Gasteiger partial charge is 0.478 e. The molecule has 10 unspecified atom stereocenters. The second kappa shape index (κ2) is 21.7. The van der Waals surface area contributed by atoms with Gasteiger partial charge in [0.15, 0.2) is 30.4 Å². The highest BCUT2D eigenvalue weighted by Gasteiger charge is 2.57. The van der Waals surface area contributed by atoms with E-state index < -0.39 is 123 Å². The second-order valence-electron chi connectivity index (χ2n) is 13.6. The molecule has 2 saturated heterocycles. The van der Waals surface area contributed by atoms with Crippen molar-refractivity contribution in [3.05, 3.63) is 71.8 Å². The molecule has 2 aromatic rings. The molecule has 324 valence electrons. The van der Waals surface area contributed by atoms with Crippen LogP contribution in [-0.4, -0.2) is 128 Å². The number of hydrogen-bond donors (Lipinski definition) is 1. The summed E-state index contributed by atoms with van der Waals surface area (Å²) in [5.74, 6) is -8.70. The van der Waals surface area contributed by atoms with Crippen molar-refractivity contribution in [2.24, 2.45) is 5.92 Å². The van der Waals surface area contributed by atoms with E-state index in [1.54, 1.807) is 6.08 Å². The lowest BCUT2D eigenvalue weighted by molar-refractivity contribution is -0.338. The number of carbonyl (C=O) groups is 8. The van der Waals surface area contributed by atoms with Crippen LogP contribution in [0, 0.1) is 5.92 Å². The van der Waals surface area contributed by atoms with Gasteiger partial charge in [-0.1, -0.05) is 36.4 Å². The minimum absolute atomic E-state index is 0.0401. The number of hydrogen-bond acceptors (Lipinski definition) is 18. The molecule has 4 rings (SSSR count). The minimum atomic E-state index is -1.95. The molecule has 0 spiro atoms. The van der Waals surface area contributed by atoms with Crippen LogP contribution in [0.25, 0.3) is 6.08 Å². The maximum atomic E-state index is 13.2. The zero-order valence-corrected chi connectivity index (χ0v) is 33.5. The number of rotatable bonds is 17. The van der Waals surface area contributed by atoms with Crippen LogP contribution in [0.5, 0.6) is 5.75 Å². The Morgan fingerprint density at radius 3 is 1.77 bits per heavy atom. The molecule has 0 saturated carbocycles. The van der Waals surface area contributed by atoms with Crippen molar-refractivity contribution in [2.75, 3.05) is 19.8 Å². The van der Waals surface area contributed by atoms with Crippen LogP contribution in [0.2, 0.25) is 0 Å². The lowest BCUT2D eigenvalue weighted by Crippen LogP contribution is -2.66. The summed E-state index contributed by atoms with van der Waals surface area (Å²) in [7, 11) is 0. The number of ketones is 1. The number of ether oxygens (including phenoxy) is 10. The molecule has 2 aliphatic heterocycles. The average Bonchev–Trinajstić information content (AvgIpc) is 3.17. The molecule has 10 atom stereocenters. The predicted molar refractivity (Wildman–Crippen MR) is 201 cm³/mol. The van der Waals surface area contributed by atoms with Gasteiger partial charge >= 0.3 is 41.8 Å². The number of esters is 6. The molecule has 0 aromatic heterocycles. The first-order valence-corrected chi connectivity index (χ1v) is 18.6. The number of aliphatic carboxylic acids is 1. The summed E-state index contributed by atoms with van der Waals surface area (Å²) < 4.78 is 56.8. The summed E-state index contributed by atoms with van der Waals surface area (Å²) in [6, 6.07) is 14.6. The summed E-state index contributed by atoms with van der Waals surface area (Å²) in [4.78, 5) is 99.7. The molecule has 0 radical (unpaired) electrons. The Labute approximate surface area is 344 Å². The SMILES string of the molecule is CC(=O)OCC1OC(OC2C(COC(C)=O)OCC(OC(C)=O)C2C(Oc2ccc(C(=O)C=Cc3ccccc3)cc2)C(=O)O)C(OC(C)=O)C(OC(C)=O)C1OC(C)=O. The normalized spacial score (nSPS) is 25.5. The van der Waals surface area contributed by atoms with Crippen LogP contribution in [0.3, 0.4) is 0 Å². The first-order chi connectivity index (χ1) is 28.4. The minimum Gasteiger partial charge on any atom is -0.478 e. The van der Waals surface area contributed by atoms with Crippen molar-refractivity contribution in [1.29, 1.82) is 0 Å². The Hall–Kier alpha value is -6.18. The molecule has 19 heteroatoms. The Morgan fingerprint density at radius 1 is 0.667 bits per heavy atom. The van der Waals surface area contributed by atoms with Gasteiger partial charge in [0.2, 0.25) is 6.10 Å². The van der Waals surface area contributed by atoms with E-state index in [4.69, 9.17) is 47.4 Å². The molecule has 2 aromatic carbocycles. The van der Waals surface area contributed by atoms with Crippen molar-refractivity contribution >= 4 is 53.6 Å². The third-order valence-corrected chi connectivity index (χ3v) is 8.88. The predicted octanol–water partition coefficient (Wildman–Crippen LogP) is 2.39. The summed E-state index contributed by atoms with van der Waals surface area (Å²) in [5.41, 5.74) is 1.04. The fourth-order valence-electron chi connectivity index (χ4n) is 6.52. The van der Waals surface area contributed by atoms with Gasteiger partial charge in [-0.3, -0.25) is 33.6 Å². The molecular weight excluding hydrogens is 796 g/mol. The summed E-state index contributed by atoms with van der Waals surface area (Å²) in [6.45, 7) is 4.69. The molecule has 0 aliphatic carbocycles. The van der Waals surface area contributed by atoms with Crippen LogP contribution < -0.4 is 4.74 Å². The lowest BCUT2D eigenvalue weighted by atomic mass is 9.84. The Morgan fingerprint density at radius 2 is 1.22 bits per heavy atom. The lowest BCUT2D eigenvalue weighted by Gasteiger charge is -2.48. The van der Waals surface area contributed by atoms with E-state index in [1.165, 1.54) is 30.3 Å². The smallest absolute Gasteiger partial charge is 0.345 e. The van der Waals surface area contributed by atoms with E-state index in [2.05, 4.69) is 0 Å². The zero-order valence-electron chi connectivity index (χ0n) is 33.5. The highest BCUT2D eigenvalue weighted by Crippen LogP contribution is 2.37. The maximum absolute atomic E-state index is 13.2. The number of allylic oxidation sites excluding steroid dienone is 1. The summed E-state index contributed by atoms with van der Waals surface area (Å²) in [5, 5.41) is 10.7. The first-order valence-electron chi connectivity index (χ1n) is 18.6. The Bertz CT molecular complexity index is 1890. The van der Waals surface area contributed by atoms with Gasteiger partial charge in [0.25, 0.3) is 0 Å². The van der Waals surface area contributed by atoms with E-state index in [9.17, 15) is 43.5 Å². The average molecular weight is 843 g/mol. The van der Waals surface area contributed by atoms with Crippen molar-refractivity contribution in [3.63, 3.8) is 0 Å². The van der Waals surface area contributed by atoms with Crippen LogP contribution in [-0.2, 0) is 76.2 Å². The van der Waals surface area contributed by atoms with Crippen molar-refractivity contribution in [1.82, 2.24) is 0 Å². The quantitative estimate of drug-likeness (QED) is 0.104. The van der Waals surface area contributed by atoms with E-state index in [0.29, 0.717) is 0 Å². The van der Waals surface area contributed by atoms with Crippen LogP contribution in [0.4, 0.5) is 0 Å². The molecule has 2 heterocycles.